The summed E-state index contributed by atoms with van der Waals surface area (Å²) in [6.45, 7) is 4.26. The Labute approximate surface area is 161 Å². The van der Waals surface area contributed by atoms with Crippen LogP contribution in [-0.4, -0.2) is 12.5 Å². The number of benzene rings is 2. The summed E-state index contributed by atoms with van der Waals surface area (Å²) in [6, 6.07) is 14.1. The van der Waals surface area contributed by atoms with Gasteiger partial charge in [-0.15, -0.1) is 0 Å². The Balaban J connectivity index is 1.79. The van der Waals surface area contributed by atoms with E-state index in [1.54, 1.807) is 43.3 Å². The maximum absolute atomic E-state index is 12.6. The minimum absolute atomic E-state index is 0.248. The fourth-order valence-corrected chi connectivity index (χ4v) is 2.80. The Morgan fingerprint density at radius 1 is 1.08 bits per heavy atom. The second-order valence-electron chi connectivity index (χ2n) is 5.62. The van der Waals surface area contributed by atoms with Gasteiger partial charge in [0.05, 0.1) is 22.2 Å². The first-order chi connectivity index (χ1) is 12.5. The van der Waals surface area contributed by atoms with E-state index in [0.29, 0.717) is 39.4 Å². The number of carbonyl (C=O) groups excluding carboxylic acids is 1. The molecule has 4 nitrogen and oxygen atoms in total. The number of hydrogen-bond acceptors (Lipinski definition) is 3. The van der Waals surface area contributed by atoms with Gasteiger partial charge >= 0.3 is 0 Å². The molecule has 0 saturated heterocycles. The van der Waals surface area contributed by atoms with Crippen molar-refractivity contribution in [1.82, 2.24) is 0 Å². The molecule has 26 heavy (non-hydrogen) atoms. The van der Waals surface area contributed by atoms with Crippen LogP contribution in [0.3, 0.4) is 0 Å². The molecule has 0 fully saturated rings. The van der Waals surface area contributed by atoms with Crippen molar-refractivity contribution in [3.05, 3.63) is 69.9 Å². The molecule has 3 rings (SSSR count). The maximum Gasteiger partial charge on any atom is 0.259 e. The lowest BCUT2D eigenvalue weighted by atomic mass is 10.1. The Morgan fingerprint density at radius 2 is 1.81 bits per heavy atom. The van der Waals surface area contributed by atoms with Gasteiger partial charge < -0.3 is 14.5 Å². The standard InChI is InChI=1S/C20H17Cl2NO3/c1-3-25-15-7-5-14(6-8-15)23-20(24)16-11-19(26-12(16)2)13-4-9-17(21)18(22)10-13/h4-11H,3H2,1-2H3,(H,23,24). The molecule has 0 aliphatic carbocycles. The third-order valence-corrected chi connectivity index (χ3v) is 4.53. The normalized spacial score (nSPS) is 10.6. The predicted molar refractivity (Wildman–Crippen MR) is 104 cm³/mol. The fraction of sp³-hybridized carbons (Fsp3) is 0.150. The van der Waals surface area contributed by atoms with Crippen LogP contribution in [0.2, 0.25) is 10.0 Å². The maximum atomic E-state index is 12.6. The van der Waals surface area contributed by atoms with Crippen LogP contribution in [0.25, 0.3) is 11.3 Å². The van der Waals surface area contributed by atoms with E-state index < -0.39 is 0 Å². The molecule has 134 valence electrons. The molecule has 2 aromatic carbocycles. The van der Waals surface area contributed by atoms with Gasteiger partial charge in [0, 0.05) is 11.3 Å². The lowest BCUT2D eigenvalue weighted by Gasteiger charge is -2.06. The second kappa shape index (κ2) is 7.85. The molecule has 0 saturated carbocycles. The molecule has 0 radical (unpaired) electrons. The van der Waals surface area contributed by atoms with Crippen LogP contribution in [-0.2, 0) is 0 Å². The third kappa shape index (κ3) is 4.03. The number of aryl methyl sites for hydroxylation is 1. The second-order valence-corrected chi connectivity index (χ2v) is 6.44. The Kier molecular flexibility index (Phi) is 5.55. The summed E-state index contributed by atoms with van der Waals surface area (Å²) in [5, 5.41) is 3.75. The molecule has 0 unspecified atom stereocenters. The van der Waals surface area contributed by atoms with Crippen LogP contribution in [0.4, 0.5) is 5.69 Å². The van der Waals surface area contributed by atoms with Crippen LogP contribution in [0.5, 0.6) is 5.75 Å². The van der Waals surface area contributed by atoms with Crippen LogP contribution >= 0.6 is 23.2 Å². The van der Waals surface area contributed by atoms with Crippen molar-refractivity contribution in [2.45, 2.75) is 13.8 Å². The molecule has 1 aromatic heterocycles. The van der Waals surface area contributed by atoms with Gasteiger partial charge in [0.2, 0.25) is 0 Å². The number of nitrogens with one attached hydrogen (secondary N) is 1. The van der Waals surface area contributed by atoms with Crippen molar-refractivity contribution in [2.24, 2.45) is 0 Å². The lowest BCUT2D eigenvalue weighted by molar-refractivity contribution is 0.102. The topological polar surface area (TPSA) is 51.5 Å². The molecule has 0 aliphatic rings. The summed E-state index contributed by atoms with van der Waals surface area (Å²) in [5.74, 6) is 1.58. The summed E-state index contributed by atoms with van der Waals surface area (Å²) < 4.78 is 11.1. The van der Waals surface area contributed by atoms with Crippen LogP contribution in [0.15, 0.2) is 52.9 Å². The minimum Gasteiger partial charge on any atom is -0.494 e. The number of halogens is 2. The van der Waals surface area contributed by atoms with Crippen LogP contribution < -0.4 is 10.1 Å². The van der Waals surface area contributed by atoms with Crippen LogP contribution in [0.1, 0.15) is 23.0 Å². The largest absolute Gasteiger partial charge is 0.494 e. The molecule has 0 atom stereocenters. The van der Waals surface area contributed by atoms with E-state index in [0.717, 1.165) is 11.3 Å². The highest BCUT2D eigenvalue weighted by atomic mass is 35.5. The molecule has 0 bridgehead atoms. The summed E-state index contributed by atoms with van der Waals surface area (Å²) in [6.07, 6.45) is 0. The minimum atomic E-state index is -0.248. The Morgan fingerprint density at radius 3 is 2.46 bits per heavy atom. The average molecular weight is 390 g/mol. The van der Waals surface area contributed by atoms with E-state index in [2.05, 4.69) is 5.32 Å². The zero-order valence-corrected chi connectivity index (χ0v) is 15.8. The number of carbonyl (C=O) groups is 1. The van der Waals surface area contributed by atoms with Gasteiger partial charge in [-0.05, 0) is 62.4 Å². The lowest BCUT2D eigenvalue weighted by Crippen LogP contribution is -2.12. The van der Waals surface area contributed by atoms with Gasteiger partial charge in [-0.3, -0.25) is 4.79 Å². The van der Waals surface area contributed by atoms with E-state index in [1.807, 2.05) is 19.1 Å². The van der Waals surface area contributed by atoms with Gasteiger partial charge in [-0.2, -0.15) is 0 Å². The highest BCUT2D eigenvalue weighted by molar-refractivity contribution is 6.42. The molecule has 3 aromatic rings. The molecule has 0 spiro atoms. The van der Waals surface area contributed by atoms with E-state index in [4.69, 9.17) is 32.4 Å². The molecule has 0 aliphatic heterocycles. The number of hydrogen-bond donors (Lipinski definition) is 1. The van der Waals surface area contributed by atoms with Crippen molar-refractivity contribution in [3.63, 3.8) is 0 Å². The predicted octanol–water partition coefficient (Wildman–Crippen LogP) is 6.21. The first kappa shape index (κ1) is 18.4. The molecule has 1 N–H and O–H groups in total. The van der Waals surface area contributed by atoms with Gasteiger partial charge in [0.1, 0.15) is 17.3 Å². The molecule has 1 amide bonds. The molecular weight excluding hydrogens is 373 g/mol. The highest BCUT2D eigenvalue weighted by Crippen LogP contribution is 2.31. The average Bonchev–Trinajstić information content (AvgIpc) is 3.01. The summed E-state index contributed by atoms with van der Waals surface area (Å²) in [4.78, 5) is 12.6. The van der Waals surface area contributed by atoms with Crippen molar-refractivity contribution in [1.29, 1.82) is 0 Å². The van der Waals surface area contributed by atoms with Gasteiger partial charge in [0.25, 0.3) is 5.91 Å². The number of furan rings is 1. The van der Waals surface area contributed by atoms with Crippen molar-refractivity contribution in [2.75, 3.05) is 11.9 Å². The van der Waals surface area contributed by atoms with E-state index in [-0.39, 0.29) is 5.91 Å². The first-order valence-corrected chi connectivity index (χ1v) is 8.83. The Hall–Kier alpha value is -2.43. The summed E-state index contributed by atoms with van der Waals surface area (Å²) in [5.41, 5.74) is 1.89. The quantitative estimate of drug-likeness (QED) is 0.563. The number of rotatable bonds is 5. The fourth-order valence-electron chi connectivity index (χ4n) is 2.50. The molecule has 6 heteroatoms. The summed E-state index contributed by atoms with van der Waals surface area (Å²) >= 11 is 12.0. The number of anilines is 1. The van der Waals surface area contributed by atoms with E-state index in [1.165, 1.54) is 0 Å². The van der Waals surface area contributed by atoms with Crippen LogP contribution in [0, 0.1) is 6.92 Å². The van der Waals surface area contributed by atoms with Crippen molar-refractivity contribution >= 4 is 34.8 Å². The van der Waals surface area contributed by atoms with Crippen molar-refractivity contribution < 1.29 is 13.9 Å². The highest BCUT2D eigenvalue weighted by Gasteiger charge is 2.17. The number of ether oxygens (including phenoxy) is 1. The van der Waals surface area contributed by atoms with E-state index in [9.17, 15) is 4.79 Å². The zero-order valence-electron chi connectivity index (χ0n) is 14.3. The zero-order chi connectivity index (χ0) is 18.7. The van der Waals surface area contributed by atoms with E-state index >= 15 is 0 Å². The first-order valence-electron chi connectivity index (χ1n) is 8.08. The number of amides is 1. The molecular formula is C20H17Cl2NO3. The molecule has 1 heterocycles. The van der Waals surface area contributed by atoms with Gasteiger partial charge in [0.15, 0.2) is 0 Å². The smallest absolute Gasteiger partial charge is 0.259 e. The third-order valence-electron chi connectivity index (χ3n) is 3.79. The van der Waals surface area contributed by atoms with Gasteiger partial charge in [-0.1, -0.05) is 23.2 Å². The monoisotopic (exact) mass is 389 g/mol. The van der Waals surface area contributed by atoms with Gasteiger partial charge in [-0.25, -0.2) is 0 Å². The summed E-state index contributed by atoms with van der Waals surface area (Å²) in [7, 11) is 0. The Bertz CT molecular complexity index is 933. The SMILES string of the molecule is CCOc1ccc(NC(=O)c2cc(-c3ccc(Cl)c(Cl)c3)oc2C)cc1. The van der Waals surface area contributed by atoms with Crippen molar-refractivity contribution in [3.8, 4) is 17.1 Å².